The molecule has 1 heterocycles. The number of fused-ring (bicyclic) bond motifs is 1. The minimum absolute atomic E-state index is 0.169. The van der Waals surface area contributed by atoms with Crippen LogP contribution in [0.4, 0.5) is 0 Å². The SMILES string of the molecule is CCc1ccc(C(=O)NCC(O)c2ccc3c(ccn3C)c2)cc1. The lowest BCUT2D eigenvalue weighted by molar-refractivity contribution is 0.0916. The van der Waals surface area contributed by atoms with Gasteiger partial charge in [-0.25, -0.2) is 0 Å². The Morgan fingerprint density at radius 2 is 1.92 bits per heavy atom. The lowest BCUT2D eigenvalue weighted by Gasteiger charge is -2.13. The number of aliphatic hydroxyl groups is 1. The molecule has 1 unspecified atom stereocenters. The van der Waals surface area contributed by atoms with E-state index in [2.05, 4.69) is 12.2 Å². The summed E-state index contributed by atoms with van der Waals surface area (Å²) in [5, 5.41) is 14.2. The van der Waals surface area contributed by atoms with E-state index in [1.54, 1.807) is 0 Å². The zero-order chi connectivity index (χ0) is 17.1. The maximum atomic E-state index is 12.2. The molecule has 1 aromatic heterocycles. The van der Waals surface area contributed by atoms with Crippen LogP contribution in [0.5, 0.6) is 0 Å². The number of carbonyl (C=O) groups is 1. The molecule has 2 aromatic carbocycles. The summed E-state index contributed by atoms with van der Waals surface area (Å²) in [6, 6.07) is 15.4. The van der Waals surface area contributed by atoms with Gasteiger partial charge in [0.25, 0.3) is 5.91 Å². The van der Waals surface area contributed by atoms with Crippen molar-refractivity contribution >= 4 is 16.8 Å². The van der Waals surface area contributed by atoms with Crippen LogP contribution in [0.25, 0.3) is 10.9 Å². The number of amides is 1. The highest BCUT2D eigenvalue weighted by Gasteiger charge is 2.12. The van der Waals surface area contributed by atoms with Gasteiger partial charge in [-0.2, -0.15) is 0 Å². The Morgan fingerprint density at radius 3 is 2.62 bits per heavy atom. The van der Waals surface area contributed by atoms with Gasteiger partial charge in [-0.15, -0.1) is 0 Å². The van der Waals surface area contributed by atoms with Crippen LogP contribution in [0.2, 0.25) is 0 Å². The molecular weight excluding hydrogens is 300 g/mol. The molecule has 4 nitrogen and oxygen atoms in total. The van der Waals surface area contributed by atoms with E-state index in [-0.39, 0.29) is 12.5 Å². The predicted octanol–water partition coefficient (Wildman–Crippen LogP) is 3.20. The normalized spacial score (nSPS) is 12.3. The summed E-state index contributed by atoms with van der Waals surface area (Å²) in [6.45, 7) is 2.27. The number of rotatable bonds is 5. The second-order valence-corrected chi connectivity index (χ2v) is 6.02. The number of benzene rings is 2. The first-order chi connectivity index (χ1) is 11.6. The topological polar surface area (TPSA) is 54.3 Å². The molecule has 124 valence electrons. The average Bonchev–Trinajstić information content (AvgIpc) is 3.00. The third-order valence-electron chi connectivity index (χ3n) is 4.37. The average molecular weight is 322 g/mol. The second kappa shape index (κ2) is 6.89. The van der Waals surface area contributed by atoms with E-state index < -0.39 is 6.10 Å². The lowest BCUT2D eigenvalue weighted by atomic mass is 10.1. The van der Waals surface area contributed by atoms with Crippen molar-refractivity contribution in [3.8, 4) is 0 Å². The smallest absolute Gasteiger partial charge is 0.251 e. The Labute approximate surface area is 141 Å². The van der Waals surface area contributed by atoms with Gasteiger partial charge in [0.05, 0.1) is 6.10 Å². The van der Waals surface area contributed by atoms with E-state index in [0.717, 1.165) is 22.9 Å². The van der Waals surface area contributed by atoms with E-state index in [0.29, 0.717) is 5.56 Å². The van der Waals surface area contributed by atoms with Crippen LogP contribution in [-0.2, 0) is 13.5 Å². The van der Waals surface area contributed by atoms with Gasteiger partial charge in [0.15, 0.2) is 0 Å². The van der Waals surface area contributed by atoms with Crippen LogP contribution >= 0.6 is 0 Å². The van der Waals surface area contributed by atoms with Crippen molar-refractivity contribution in [3.05, 3.63) is 71.4 Å². The summed E-state index contributed by atoms with van der Waals surface area (Å²) in [7, 11) is 1.99. The van der Waals surface area contributed by atoms with Crippen molar-refractivity contribution in [3.63, 3.8) is 0 Å². The molecule has 0 radical (unpaired) electrons. The monoisotopic (exact) mass is 322 g/mol. The predicted molar refractivity (Wildman–Crippen MR) is 96.0 cm³/mol. The van der Waals surface area contributed by atoms with Gasteiger partial charge in [-0.3, -0.25) is 4.79 Å². The zero-order valence-electron chi connectivity index (χ0n) is 14.0. The highest BCUT2D eigenvalue weighted by molar-refractivity contribution is 5.94. The van der Waals surface area contributed by atoms with Crippen LogP contribution in [0, 0.1) is 0 Å². The van der Waals surface area contributed by atoms with Crippen LogP contribution in [0.1, 0.15) is 34.5 Å². The summed E-state index contributed by atoms with van der Waals surface area (Å²) in [5.74, 6) is -0.169. The number of carbonyl (C=O) groups excluding carboxylic acids is 1. The molecule has 2 N–H and O–H groups in total. The first-order valence-electron chi connectivity index (χ1n) is 8.18. The van der Waals surface area contributed by atoms with Crippen molar-refractivity contribution in [1.82, 2.24) is 9.88 Å². The van der Waals surface area contributed by atoms with E-state index in [1.807, 2.05) is 66.3 Å². The number of nitrogens with one attached hydrogen (secondary N) is 1. The molecule has 0 saturated heterocycles. The van der Waals surface area contributed by atoms with E-state index >= 15 is 0 Å². The highest BCUT2D eigenvalue weighted by Crippen LogP contribution is 2.20. The quantitative estimate of drug-likeness (QED) is 0.758. The number of aryl methyl sites for hydroxylation is 2. The fourth-order valence-corrected chi connectivity index (χ4v) is 2.81. The largest absolute Gasteiger partial charge is 0.387 e. The van der Waals surface area contributed by atoms with Crippen molar-refractivity contribution in [2.45, 2.75) is 19.4 Å². The van der Waals surface area contributed by atoms with Gasteiger partial charge in [0.2, 0.25) is 0 Å². The van der Waals surface area contributed by atoms with Crippen molar-refractivity contribution < 1.29 is 9.90 Å². The Bertz CT molecular complexity index is 850. The molecule has 1 atom stereocenters. The molecule has 0 bridgehead atoms. The van der Waals surface area contributed by atoms with Gasteiger partial charge in [-0.1, -0.05) is 25.1 Å². The van der Waals surface area contributed by atoms with E-state index in [9.17, 15) is 9.90 Å². The van der Waals surface area contributed by atoms with Crippen molar-refractivity contribution in [2.24, 2.45) is 7.05 Å². The Morgan fingerprint density at radius 1 is 1.17 bits per heavy atom. The first-order valence-corrected chi connectivity index (χ1v) is 8.18. The van der Waals surface area contributed by atoms with Crippen molar-refractivity contribution in [2.75, 3.05) is 6.54 Å². The molecular formula is C20H22N2O2. The molecule has 3 rings (SSSR count). The van der Waals surface area contributed by atoms with Gasteiger partial charge < -0.3 is 15.0 Å². The molecule has 0 aliphatic rings. The molecule has 3 aromatic rings. The number of aromatic nitrogens is 1. The molecule has 4 heteroatoms. The van der Waals surface area contributed by atoms with Crippen LogP contribution in [0.3, 0.4) is 0 Å². The Hall–Kier alpha value is -2.59. The van der Waals surface area contributed by atoms with Gasteiger partial charge in [0, 0.05) is 30.9 Å². The molecule has 1 amide bonds. The fraction of sp³-hybridized carbons (Fsp3) is 0.250. The van der Waals surface area contributed by atoms with Gasteiger partial charge in [-0.05, 0) is 53.3 Å². The maximum absolute atomic E-state index is 12.2. The van der Waals surface area contributed by atoms with E-state index in [1.165, 1.54) is 5.56 Å². The number of nitrogens with zero attached hydrogens (tertiary/aromatic N) is 1. The lowest BCUT2D eigenvalue weighted by Crippen LogP contribution is -2.28. The van der Waals surface area contributed by atoms with Crippen LogP contribution in [0.15, 0.2) is 54.7 Å². The minimum Gasteiger partial charge on any atom is -0.387 e. The summed E-state index contributed by atoms with van der Waals surface area (Å²) in [6.07, 6.45) is 2.21. The minimum atomic E-state index is -0.728. The Balaban J connectivity index is 1.64. The van der Waals surface area contributed by atoms with Crippen molar-refractivity contribution in [1.29, 1.82) is 0 Å². The number of hydrogen-bond donors (Lipinski definition) is 2. The summed E-state index contributed by atoms with van der Waals surface area (Å²) in [5.41, 5.74) is 3.72. The highest BCUT2D eigenvalue weighted by atomic mass is 16.3. The van der Waals surface area contributed by atoms with Gasteiger partial charge in [0.1, 0.15) is 0 Å². The van der Waals surface area contributed by atoms with Gasteiger partial charge >= 0.3 is 0 Å². The number of hydrogen-bond acceptors (Lipinski definition) is 2. The number of aliphatic hydroxyl groups excluding tert-OH is 1. The molecule has 0 saturated carbocycles. The fourth-order valence-electron chi connectivity index (χ4n) is 2.81. The first kappa shape index (κ1) is 16.3. The third-order valence-corrected chi connectivity index (χ3v) is 4.37. The standard InChI is InChI=1S/C20H22N2O2/c1-3-14-4-6-15(7-5-14)20(24)21-13-19(23)17-8-9-18-16(12-17)10-11-22(18)2/h4-12,19,23H,3,13H2,1-2H3,(H,21,24). The maximum Gasteiger partial charge on any atom is 0.251 e. The molecule has 0 aliphatic heterocycles. The molecule has 24 heavy (non-hydrogen) atoms. The summed E-state index contributed by atoms with van der Waals surface area (Å²) >= 11 is 0. The summed E-state index contributed by atoms with van der Waals surface area (Å²) in [4.78, 5) is 12.2. The third kappa shape index (κ3) is 3.34. The zero-order valence-corrected chi connectivity index (χ0v) is 14.0. The molecule has 0 aliphatic carbocycles. The van der Waals surface area contributed by atoms with Crippen LogP contribution < -0.4 is 5.32 Å². The second-order valence-electron chi connectivity index (χ2n) is 6.02. The van der Waals surface area contributed by atoms with Crippen LogP contribution in [-0.4, -0.2) is 22.1 Å². The summed E-state index contributed by atoms with van der Waals surface area (Å²) < 4.78 is 2.03. The molecule has 0 spiro atoms. The van der Waals surface area contributed by atoms with E-state index in [4.69, 9.17) is 0 Å². The molecule has 0 fully saturated rings. The Kier molecular flexibility index (Phi) is 4.67.